The lowest BCUT2D eigenvalue weighted by atomic mass is 9.69. The Bertz CT molecular complexity index is 431. The van der Waals surface area contributed by atoms with Crippen LogP contribution in [-0.2, 0) is 12.8 Å². The summed E-state index contributed by atoms with van der Waals surface area (Å²) in [6.07, 6.45) is 4.31. The Hall–Kier alpha value is -1.03. The molecule has 2 rings (SSSR count). The highest BCUT2D eigenvalue weighted by molar-refractivity contribution is 5.85. The van der Waals surface area contributed by atoms with Crippen LogP contribution >= 0.6 is 12.4 Å². The normalized spacial score (nSPS) is 18.9. The molecule has 4 N–H and O–H groups in total. The number of nitrogens with zero attached hydrogens (tertiary/aromatic N) is 2. The van der Waals surface area contributed by atoms with Gasteiger partial charge in [0.05, 0.1) is 5.69 Å². The van der Waals surface area contributed by atoms with Crippen LogP contribution in [0.5, 0.6) is 0 Å². The largest absolute Gasteiger partial charge is 0.383 e. The first-order valence-corrected chi connectivity index (χ1v) is 6.34. The fourth-order valence-corrected chi connectivity index (χ4v) is 2.61. The molecule has 1 heterocycles. The Kier molecular flexibility index (Phi) is 4.43. The van der Waals surface area contributed by atoms with E-state index in [9.17, 15) is 0 Å². The van der Waals surface area contributed by atoms with E-state index < -0.39 is 0 Å². The molecule has 0 saturated heterocycles. The minimum absolute atomic E-state index is 0. The first kappa shape index (κ1) is 15.0. The van der Waals surface area contributed by atoms with E-state index in [0.29, 0.717) is 23.1 Å². The Labute approximate surface area is 115 Å². The Morgan fingerprint density at radius 3 is 2.56 bits per heavy atom. The maximum Gasteiger partial charge on any atom is 0.222 e. The van der Waals surface area contributed by atoms with Crippen LogP contribution in [0.1, 0.15) is 44.9 Å². The van der Waals surface area contributed by atoms with E-state index >= 15 is 0 Å². The van der Waals surface area contributed by atoms with Crippen LogP contribution in [0.25, 0.3) is 0 Å². The second kappa shape index (κ2) is 5.31. The van der Waals surface area contributed by atoms with E-state index in [1.165, 1.54) is 12.8 Å². The third-order valence-corrected chi connectivity index (χ3v) is 4.34. The molecule has 102 valence electrons. The van der Waals surface area contributed by atoms with Gasteiger partial charge in [-0.05, 0) is 30.6 Å². The highest BCUT2D eigenvalue weighted by Crippen LogP contribution is 2.40. The van der Waals surface area contributed by atoms with E-state index in [1.54, 1.807) is 0 Å². The lowest BCUT2D eigenvalue weighted by Gasteiger charge is -2.37. The lowest BCUT2D eigenvalue weighted by molar-refractivity contribution is 0.182. The molecule has 1 unspecified atom stereocenters. The van der Waals surface area contributed by atoms with Crippen molar-refractivity contribution >= 4 is 24.2 Å². The molecule has 0 bridgehead atoms. The lowest BCUT2D eigenvalue weighted by Crippen LogP contribution is -2.30. The minimum Gasteiger partial charge on any atom is -0.383 e. The number of fused-ring (bicyclic) bond motifs is 1. The number of anilines is 2. The smallest absolute Gasteiger partial charge is 0.222 e. The van der Waals surface area contributed by atoms with Gasteiger partial charge in [-0.2, -0.15) is 4.98 Å². The zero-order valence-corrected chi connectivity index (χ0v) is 12.2. The van der Waals surface area contributed by atoms with Gasteiger partial charge in [0.2, 0.25) is 5.95 Å². The maximum absolute atomic E-state index is 5.96. The third kappa shape index (κ3) is 2.69. The number of rotatable bonds is 2. The van der Waals surface area contributed by atoms with Crippen LogP contribution < -0.4 is 11.5 Å². The molecule has 1 aromatic rings. The molecule has 0 radical (unpaired) electrons. The van der Waals surface area contributed by atoms with Gasteiger partial charge >= 0.3 is 0 Å². The van der Waals surface area contributed by atoms with Crippen molar-refractivity contribution in [3.63, 3.8) is 0 Å². The summed E-state index contributed by atoms with van der Waals surface area (Å²) in [5.41, 5.74) is 14.1. The zero-order chi connectivity index (χ0) is 12.6. The molecule has 1 aromatic heterocycles. The first-order valence-electron chi connectivity index (χ1n) is 6.34. The van der Waals surface area contributed by atoms with Crippen LogP contribution in [0.4, 0.5) is 11.8 Å². The van der Waals surface area contributed by atoms with Crippen molar-refractivity contribution in [3.05, 3.63) is 11.3 Å². The van der Waals surface area contributed by atoms with E-state index in [1.807, 2.05) is 0 Å². The van der Waals surface area contributed by atoms with Crippen molar-refractivity contribution in [2.75, 3.05) is 11.5 Å². The summed E-state index contributed by atoms with van der Waals surface area (Å²) in [6, 6.07) is 0. The second-order valence-corrected chi connectivity index (χ2v) is 5.67. The minimum atomic E-state index is 0. The monoisotopic (exact) mass is 270 g/mol. The summed E-state index contributed by atoms with van der Waals surface area (Å²) in [5, 5.41) is 0. The van der Waals surface area contributed by atoms with Gasteiger partial charge in [0.25, 0.3) is 0 Å². The van der Waals surface area contributed by atoms with Crippen LogP contribution in [0.2, 0.25) is 0 Å². The van der Waals surface area contributed by atoms with Crippen molar-refractivity contribution in [1.29, 1.82) is 0 Å². The topological polar surface area (TPSA) is 77.8 Å². The summed E-state index contributed by atoms with van der Waals surface area (Å²) in [7, 11) is 0. The fourth-order valence-electron chi connectivity index (χ4n) is 2.61. The van der Waals surface area contributed by atoms with Gasteiger partial charge in [-0.15, -0.1) is 12.4 Å². The standard InChI is InChI=1S/C13H22N4.ClH/c1-4-13(2,3)8-5-6-10-9(7-8)11(14)17-12(15)16-10;/h8H,4-7H2,1-3H3,(H4,14,15,16,17);1H. The molecular weight excluding hydrogens is 248 g/mol. The Morgan fingerprint density at radius 2 is 1.94 bits per heavy atom. The quantitative estimate of drug-likeness (QED) is 0.866. The summed E-state index contributed by atoms with van der Waals surface area (Å²) in [4.78, 5) is 8.38. The molecule has 18 heavy (non-hydrogen) atoms. The number of nitrogen functional groups attached to an aromatic ring is 2. The molecule has 1 aliphatic rings. The summed E-state index contributed by atoms with van der Waals surface area (Å²) in [5.74, 6) is 1.54. The van der Waals surface area contributed by atoms with E-state index in [-0.39, 0.29) is 12.4 Å². The van der Waals surface area contributed by atoms with Gasteiger partial charge in [0, 0.05) is 5.56 Å². The highest BCUT2D eigenvalue weighted by Gasteiger charge is 2.32. The van der Waals surface area contributed by atoms with Crippen molar-refractivity contribution in [3.8, 4) is 0 Å². The van der Waals surface area contributed by atoms with Gasteiger partial charge in [-0.25, -0.2) is 4.98 Å². The average Bonchev–Trinajstić information content (AvgIpc) is 2.28. The van der Waals surface area contributed by atoms with Crippen molar-refractivity contribution in [1.82, 2.24) is 9.97 Å². The van der Waals surface area contributed by atoms with Gasteiger partial charge in [-0.3, -0.25) is 0 Å². The SMILES string of the molecule is CCC(C)(C)C1CCc2nc(N)nc(N)c2C1.Cl. The predicted octanol–water partition coefficient (Wildman–Crippen LogP) is 2.60. The molecule has 0 spiro atoms. The van der Waals surface area contributed by atoms with Crippen LogP contribution in [0, 0.1) is 11.3 Å². The highest BCUT2D eigenvalue weighted by atomic mass is 35.5. The number of hydrogen-bond donors (Lipinski definition) is 2. The maximum atomic E-state index is 5.96. The molecule has 0 amide bonds. The van der Waals surface area contributed by atoms with Crippen molar-refractivity contribution < 1.29 is 0 Å². The fraction of sp³-hybridized carbons (Fsp3) is 0.692. The van der Waals surface area contributed by atoms with E-state index in [0.717, 1.165) is 24.1 Å². The second-order valence-electron chi connectivity index (χ2n) is 5.67. The Morgan fingerprint density at radius 1 is 1.28 bits per heavy atom. The zero-order valence-electron chi connectivity index (χ0n) is 11.4. The summed E-state index contributed by atoms with van der Waals surface area (Å²) >= 11 is 0. The molecule has 5 heteroatoms. The van der Waals surface area contributed by atoms with E-state index in [2.05, 4.69) is 30.7 Å². The van der Waals surface area contributed by atoms with Crippen LogP contribution in [0.3, 0.4) is 0 Å². The van der Waals surface area contributed by atoms with Gasteiger partial charge in [0.15, 0.2) is 0 Å². The molecule has 0 aliphatic heterocycles. The molecule has 0 fully saturated rings. The average molecular weight is 271 g/mol. The summed E-state index contributed by atoms with van der Waals surface area (Å²) < 4.78 is 0. The van der Waals surface area contributed by atoms with Crippen molar-refractivity contribution in [2.45, 2.75) is 46.5 Å². The molecule has 0 aromatic carbocycles. The molecule has 1 atom stereocenters. The Balaban J connectivity index is 0.00000162. The van der Waals surface area contributed by atoms with Gasteiger partial charge < -0.3 is 11.5 Å². The van der Waals surface area contributed by atoms with Crippen molar-refractivity contribution in [2.24, 2.45) is 11.3 Å². The van der Waals surface area contributed by atoms with Crippen LogP contribution in [-0.4, -0.2) is 9.97 Å². The number of hydrogen-bond acceptors (Lipinski definition) is 4. The first-order chi connectivity index (χ1) is 7.94. The number of aryl methyl sites for hydroxylation is 1. The van der Waals surface area contributed by atoms with Gasteiger partial charge in [-0.1, -0.05) is 27.2 Å². The number of halogens is 1. The molecular formula is C13H23ClN4. The summed E-state index contributed by atoms with van der Waals surface area (Å²) in [6.45, 7) is 6.91. The van der Waals surface area contributed by atoms with E-state index in [4.69, 9.17) is 11.5 Å². The molecule has 0 saturated carbocycles. The third-order valence-electron chi connectivity index (χ3n) is 4.34. The molecule has 4 nitrogen and oxygen atoms in total. The predicted molar refractivity (Wildman–Crippen MR) is 77.7 cm³/mol. The molecule has 1 aliphatic carbocycles. The number of nitrogens with two attached hydrogens (primary N) is 2. The van der Waals surface area contributed by atoms with Crippen LogP contribution in [0.15, 0.2) is 0 Å². The van der Waals surface area contributed by atoms with Gasteiger partial charge in [0.1, 0.15) is 5.82 Å². The number of aromatic nitrogens is 2.